The zero-order valence-corrected chi connectivity index (χ0v) is 13.2. The van der Waals surface area contributed by atoms with Crippen LogP contribution in [0.15, 0.2) is 21.2 Å². The lowest BCUT2D eigenvalue weighted by molar-refractivity contribution is 0.161. The van der Waals surface area contributed by atoms with Crippen LogP contribution in [0.1, 0.15) is 43.9 Å². The molecule has 0 bridgehead atoms. The normalized spacial score (nSPS) is 29.4. The van der Waals surface area contributed by atoms with Crippen molar-refractivity contribution >= 4 is 15.9 Å². The topological polar surface area (TPSA) is 28.4 Å². The minimum atomic E-state index is 0.417. The predicted octanol–water partition coefficient (Wildman–Crippen LogP) is 3.57. The molecule has 1 aromatic heterocycles. The van der Waals surface area contributed by atoms with Gasteiger partial charge in [0, 0.05) is 12.6 Å². The van der Waals surface area contributed by atoms with Gasteiger partial charge >= 0.3 is 0 Å². The van der Waals surface area contributed by atoms with Gasteiger partial charge in [-0.25, -0.2) is 0 Å². The monoisotopic (exact) mass is 326 g/mol. The van der Waals surface area contributed by atoms with Gasteiger partial charge < -0.3 is 9.73 Å². The van der Waals surface area contributed by atoms with E-state index in [1.54, 1.807) is 0 Å². The Morgan fingerprint density at radius 1 is 1.32 bits per heavy atom. The maximum absolute atomic E-state index is 5.85. The molecule has 1 saturated heterocycles. The molecule has 3 nitrogen and oxygen atoms in total. The molecule has 0 amide bonds. The number of nitrogens with zero attached hydrogens (tertiary/aromatic N) is 1. The lowest BCUT2D eigenvalue weighted by Gasteiger charge is -2.31. The molecule has 0 aromatic carbocycles. The third-order valence-electron chi connectivity index (χ3n) is 4.39. The van der Waals surface area contributed by atoms with Gasteiger partial charge in [0.05, 0.1) is 6.04 Å². The molecule has 2 aliphatic rings. The van der Waals surface area contributed by atoms with E-state index in [2.05, 4.69) is 39.3 Å². The van der Waals surface area contributed by atoms with E-state index in [4.69, 9.17) is 4.42 Å². The van der Waals surface area contributed by atoms with E-state index in [1.165, 1.54) is 38.6 Å². The number of nitrogens with one attached hydrogen (secondary N) is 1. The first-order chi connectivity index (χ1) is 9.24. The van der Waals surface area contributed by atoms with Crippen molar-refractivity contribution in [3.63, 3.8) is 0 Å². The molecule has 2 heterocycles. The number of halogens is 1. The Bertz CT molecular complexity index is 416. The molecule has 4 heteroatoms. The summed E-state index contributed by atoms with van der Waals surface area (Å²) in [5, 5.41) is 3.70. The van der Waals surface area contributed by atoms with Crippen molar-refractivity contribution in [2.24, 2.45) is 5.92 Å². The van der Waals surface area contributed by atoms with Crippen LogP contribution in [0, 0.1) is 5.92 Å². The smallest absolute Gasteiger partial charge is 0.169 e. The standard InChI is InChI=1S/C15H23BrN2O/c1-18-9-3-2-4-11(10-17-12-5-6-12)15(18)13-7-8-14(16)19-13/h7-8,11-12,15,17H,2-6,9-10H2,1H3. The number of likely N-dealkylation sites (tertiary alicyclic amines) is 1. The van der Waals surface area contributed by atoms with Gasteiger partial charge in [-0.2, -0.15) is 0 Å². The van der Waals surface area contributed by atoms with Crippen molar-refractivity contribution in [2.75, 3.05) is 20.1 Å². The van der Waals surface area contributed by atoms with Crippen LogP contribution in [0.2, 0.25) is 0 Å². The Morgan fingerprint density at radius 2 is 2.16 bits per heavy atom. The molecule has 2 atom stereocenters. The van der Waals surface area contributed by atoms with Gasteiger partial charge in [-0.3, -0.25) is 4.90 Å². The Balaban J connectivity index is 1.75. The first kappa shape index (κ1) is 13.7. The third kappa shape index (κ3) is 3.41. The molecular formula is C15H23BrN2O. The van der Waals surface area contributed by atoms with E-state index in [-0.39, 0.29) is 0 Å². The summed E-state index contributed by atoms with van der Waals surface area (Å²) in [6, 6.07) is 5.35. The van der Waals surface area contributed by atoms with Crippen LogP contribution in [0.4, 0.5) is 0 Å². The summed E-state index contributed by atoms with van der Waals surface area (Å²) in [5.74, 6) is 1.77. The second kappa shape index (κ2) is 5.98. The molecule has 1 aliphatic heterocycles. The van der Waals surface area contributed by atoms with Crippen molar-refractivity contribution in [2.45, 2.75) is 44.2 Å². The van der Waals surface area contributed by atoms with Crippen LogP contribution in [-0.2, 0) is 0 Å². The molecule has 1 N–H and O–H groups in total. The maximum Gasteiger partial charge on any atom is 0.169 e. The summed E-state index contributed by atoms with van der Waals surface area (Å²) < 4.78 is 6.69. The Morgan fingerprint density at radius 3 is 2.84 bits per heavy atom. The first-order valence-electron chi connectivity index (χ1n) is 7.43. The molecule has 1 saturated carbocycles. The van der Waals surface area contributed by atoms with E-state index >= 15 is 0 Å². The van der Waals surface area contributed by atoms with Gasteiger partial charge in [0.2, 0.25) is 0 Å². The van der Waals surface area contributed by atoms with Crippen LogP contribution in [0.3, 0.4) is 0 Å². The molecular weight excluding hydrogens is 304 g/mol. The number of rotatable bonds is 4. The highest BCUT2D eigenvalue weighted by molar-refractivity contribution is 9.10. The summed E-state index contributed by atoms with van der Waals surface area (Å²) in [6.07, 6.45) is 6.65. The predicted molar refractivity (Wildman–Crippen MR) is 80.1 cm³/mol. The molecule has 0 radical (unpaired) electrons. The second-order valence-electron chi connectivity index (χ2n) is 6.01. The molecule has 2 unspecified atom stereocenters. The van der Waals surface area contributed by atoms with Gasteiger partial charge in [-0.05, 0) is 73.3 Å². The summed E-state index contributed by atoms with van der Waals surface area (Å²) in [7, 11) is 2.23. The van der Waals surface area contributed by atoms with E-state index in [1.807, 2.05) is 6.07 Å². The van der Waals surface area contributed by atoms with Gasteiger partial charge in [0.25, 0.3) is 0 Å². The molecule has 1 aromatic rings. The fraction of sp³-hybridized carbons (Fsp3) is 0.733. The quantitative estimate of drug-likeness (QED) is 0.916. The molecule has 2 fully saturated rings. The fourth-order valence-corrected chi connectivity index (χ4v) is 3.50. The highest BCUT2D eigenvalue weighted by atomic mass is 79.9. The Labute approximate surface area is 123 Å². The average molecular weight is 327 g/mol. The van der Waals surface area contributed by atoms with Crippen LogP contribution in [0.25, 0.3) is 0 Å². The highest BCUT2D eigenvalue weighted by Gasteiger charge is 2.32. The maximum atomic E-state index is 5.85. The molecule has 3 rings (SSSR count). The van der Waals surface area contributed by atoms with Gasteiger partial charge in [0.15, 0.2) is 4.67 Å². The van der Waals surface area contributed by atoms with Crippen molar-refractivity contribution in [3.8, 4) is 0 Å². The van der Waals surface area contributed by atoms with E-state index in [0.29, 0.717) is 12.0 Å². The van der Waals surface area contributed by atoms with Gasteiger partial charge in [0.1, 0.15) is 5.76 Å². The first-order valence-corrected chi connectivity index (χ1v) is 8.22. The summed E-state index contributed by atoms with van der Waals surface area (Å²) in [5.41, 5.74) is 0. The minimum Gasteiger partial charge on any atom is -0.453 e. The number of furan rings is 1. The van der Waals surface area contributed by atoms with E-state index in [0.717, 1.165) is 23.0 Å². The molecule has 0 spiro atoms. The van der Waals surface area contributed by atoms with Crippen molar-refractivity contribution in [1.29, 1.82) is 0 Å². The summed E-state index contributed by atoms with van der Waals surface area (Å²) >= 11 is 3.43. The Hall–Kier alpha value is -0.320. The largest absolute Gasteiger partial charge is 0.453 e. The van der Waals surface area contributed by atoms with Crippen molar-refractivity contribution in [1.82, 2.24) is 10.2 Å². The number of hydrogen-bond donors (Lipinski definition) is 1. The van der Waals surface area contributed by atoms with Crippen LogP contribution in [-0.4, -0.2) is 31.1 Å². The highest BCUT2D eigenvalue weighted by Crippen LogP contribution is 2.36. The summed E-state index contributed by atoms with van der Waals surface area (Å²) in [6.45, 7) is 2.29. The zero-order chi connectivity index (χ0) is 13.2. The molecule has 19 heavy (non-hydrogen) atoms. The zero-order valence-electron chi connectivity index (χ0n) is 11.6. The average Bonchev–Trinajstić information content (AvgIpc) is 3.15. The Kier molecular flexibility index (Phi) is 4.30. The molecule has 1 aliphatic carbocycles. The van der Waals surface area contributed by atoms with E-state index < -0.39 is 0 Å². The SMILES string of the molecule is CN1CCCCC(CNC2CC2)C1c1ccc(Br)o1. The summed E-state index contributed by atoms with van der Waals surface area (Å²) in [4.78, 5) is 2.47. The van der Waals surface area contributed by atoms with Crippen molar-refractivity contribution < 1.29 is 4.42 Å². The van der Waals surface area contributed by atoms with Crippen LogP contribution >= 0.6 is 15.9 Å². The lowest BCUT2D eigenvalue weighted by Crippen LogP contribution is -2.35. The van der Waals surface area contributed by atoms with Gasteiger partial charge in [-0.1, -0.05) is 6.42 Å². The van der Waals surface area contributed by atoms with E-state index in [9.17, 15) is 0 Å². The van der Waals surface area contributed by atoms with Crippen LogP contribution < -0.4 is 5.32 Å². The fourth-order valence-electron chi connectivity index (χ4n) is 3.18. The molecule has 106 valence electrons. The van der Waals surface area contributed by atoms with Crippen LogP contribution in [0.5, 0.6) is 0 Å². The van der Waals surface area contributed by atoms with Crippen molar-refractivity contribution in [3.05, 3.63) is 22.6 Å². The minimum absolute atomic E-state index is 0.417. The number of hydrogen-bond acceptors (Lipinski definition) is 3. The van der Waals surface area contributed by atoms with Gasteiger partial charge in [-0.15, -0.1) is 0 Å². The lowest BCUT2D eigenvalue weighted by atomic mass is 9.93. The second-order valence-corrected chi connectivity index (χ2v) is 6.79. The third-order valence-corrected chi connectivity index (χ3v) is 4.81.